The van der Waals surface area contributed by atoms with Crippen molar-refractivity contribution in [2.24, 2.45) is 0 Å². The molecule has 1 aromatic heterocycles. The lowest BCUT2D eigenvalue weighted by Crippen LogP contribution is -2.14. The minimum atomic E-state index is -1.44. The van der Waals surface area contributed by atoms with E-state index < -0.39 is 11.8 Å². The summed E-state index contributed by atoms with van der Waals surface area (Å²) in [6, 6.07) is 6.78. The summed E-state index contributed by atoms with van der Waals surface area (Å²) in [5.74, 6) is -1.89. The molecule has 7 heteroatoms. The average Bonchev–Trinajstić information content (AvgIpc) is 2.82. The number of ketones is 1. The fraction of sp³-hybridized carbons (Fsp3) is 0.100. The van der Waals surface area contributed by atoms with E-state index in [1.165, 1.54) is 0 Å². The van der Waals surface area contributed by atoms with E-state index in [0.717, 1.165) is 0 Å². The molecule has 0 saturated carbocycles. The second-order valence-corrected chi connectivity index (χ2v) is 3.34. The third-order valence-corrected chi connectivity index (χ3v) is 2.13. The van der Waals surface area contributed by atoms with E-state index in [4.69, 9.17) is 5.11 Å². The first-order chi connectivity index (χ1) is 8.16. The highest BCUT2D eigenvalue weighted by Gasteiger charge is 2.12. The summed E-state index contributed by atoms with van der Waals surface area (Å²) in [7, 11) is 0. The van der Waals surface area contributed by atoms with Crippen LogP contribution in [0.5, 0.6) is 0 Å². The Labute approximate surface area is 95.5 Å². The van der Waals surface area contributed by atoms with Gasteiger partial charge in [0.2, 0.25) is 11.6 Å². The van der Waals surface area contributed by atoms with Gasteiger partial charge in [-0.05, 0) is 16.8 Å². The first-order valence-corrected chi connectivity index (χ1v) is 4.75. The number of carbonyl (C=O) groups is 2. The number of nitrogens with one attached hydrogen (secondary N) is 1. The number of tetrazole rings is 1. The first kappa shape index (κ1) is 10.9. The lowest BCUT2D eigenvalue weighted by molar-refractivity contribution is -0.148. The van der Waals surface area contributed by atoms with Crippen LogP contribution in [0.4, 0.5) is 0 Å². The third kappa shape index (κ3) is 2.51. The minimum absolute atomic E-state index is 0.152. The highest BCUT2D eigenvalue weighted by Crippen LogP contribution is 2.15. The van der Waals surface area contributed by atoms with Crippen LogP contribution < -0.4 is 0 Å². The molecule has 0 aliphatic heterocycles. The summed E-state index contributed by atoms with van der Waals surface area (Å²) in [5.41, 5.74) is 1.27. The fourth-order valence-electron chi connectivity index (χ4n) is 1.37. The molecule has 2 aromatic rings. The number of aliphatic carboxylic acids is 1. The van der Waals surface area contributed by atoms with E-state index in [1.807, 2.05) is 0 Å². The molecule has 0 atom stereocenters. The molecular formula is C10H8N4O3. The Morgan fingerprint density at radius 3 is 2.82 bits per heavy atom. The number of Topliss-reactive ketones (excluding diaryl/α,β-unsaturated/α-hetero) is 1. The van der Waals surface area contributed by atoms with Crippen molar-refractivity contribution in [3.05, 3.63) is 29.8 Å². The Hall–Kier alpha value is -2.57. The molecule has 0 bridgehead atoms. The van der Waals surface area contributed by atoms with Crippen LogP contribution in [-0.2, 0) is 16.0 Å². The smallest absolute Gasteiger partial charge is 0.372 e. The average molecular weight is 232 g/mol. The number of carboxylic acid groups (broad SMARTS) is 1. The summed E-state index contributed by atoms with van der Waals surface area (Å²) < 4.78 is 0. The number of aromatic nitrogens is 4. The molecule has 0 saturated heterocycles. The zero-order valence-electron chi connectivity index (χ0n) is 8.62. The van der Waals surface area contributed by atoms with Crippen LogP contribution in [0, 0.1) is 0 Å². The molecule has 0 aliphatic carbocycles. The van der Waals surface area contributed by atoms with Crippen molar-refractivity contribution < 1.29 is 14.7 Å². The molecule has 0 spiro atoms. The lowest BCUT2D eigenvalue weighted by Gasteiger charge is -2.00. The van der Waals surface area contributed by atoms with Gasteiger partial charge in [-0.3, -0.25) is 4.79 Å². The maximum atomic E-state index is 11.1. The van der Waals surface area contributed by atoms with Crippen LogP contribution in [0.15, 0.2) is 24.3 Å². The standard InChI is InChI=1S/C10H8N4O3/c15-8(10(16)17)5-6-2-1-3-7(4-6)9-11-13-14-12-9/h1-4H,5H2,(H,16,17)(H,11,12,13,14). The van der Waals surface area contributed by atoms with Crippen molar-refractivity contribution in [2.75, 3.05) is 0 Å². The number of hydrogen-bond acceptors (Lipinski definition) is 5. The molecule has 2 rings (SSSR count). The van der Waals surface area contributed by atoms with E-state index in [-0.39, 0.29) is 6.42 Å². The van der Waals surface area contributed by atoms with Gasteiger partial charge in [0, 0.05) is 12.0 Å². The van der Waals surface area contributed by atoms with Crippen molar-refractivity contribution in [1.29, 1.82) is 0 Å². The number of rotatable bonds is 4. The molecule has 2 N–H and O–H groups in total. The van der Waals surface area contributed by atoms with Gasteiger partial charge >= 0.3 is 5.97 Å². The Morgan fingerprint density at radius 2 is 2.18 bits per heavy atom. The van der Waals surface area contributed by atoms with Gasteiger partial charge in [0.25, 0.3) is 0 Å². The molecule has 0 aliphatic rings. The van der Waals surface area contributed by atoms with Gasteiger partial charge in [0.15, 0.2) is 0 Å². The third-order valence-electron chi connectivity index (χ3n) is 2.13. The van der Waals surface area contributed by atoms with Gasteiger partial charge in [-0.25, -0.2) is 4.79 Å². The van der Waals surface area contributed by atoms with Gasteiger partial charge < -0.3 is 5.11 Å². The summed E-state index contributed by atoms with van der Waals surface area (Å²) >= 11 is 0. The fourth-order valence-corrected chi connectivity index (χ4v) is 1.37. The van der Waals surface area contributed by atoms with Gasteiger partial charge in [0.05, 0.1) is 0 Å². The zero-order chi connectivity index (χ0) is 12.3. The van der Waals surface area contributed by atoms with Crippen LogP contribution in [0.1, 0.15) is 5.56 Å². The Bertz CT molecular complexity index is 550. The minimum Gasteiger partial charge on any atom is -0.475 e. The van der Waals surface area contributed by atoms with E-state index in [1.54, 1.807) is 24.3 Å². The van der Waals surface area contributed by atoms with Gasteiger partial charge in [-0.15, -0.1) is 10.2 Å². The lowest BCUT2D eigenvalue weighted by atomic mass is 10.1. The number of carboxylic acids is 1. The molecule has 7 nitrogen and oxygen atoms in total. The van der Waals surface area contributed by atoms with Crippen molar-refractivity contribution in [3.63, 3.8) is 0 Å². The molecule has 0 fully saturated rings. The maximum Gasteiger partial charge on any atom is 0.372 e. The molecule has 0 radical (unpaired) electrons. The molecule has 0 unspecified atom stereocenters. The number of aromatic amines is 1. The first-order valence-electron chi connectivity index (χ1n) is 4.75. The monoisotopic (exact) mass is 232 g/mol. The molecule has 86 valence electrons. The van der Waals surface area contributed by atoms with Crippen LogP contribution >= 0.6 is 0 Å². The van der Waals surface area contributed by atoms with E-state index in [2.05, 4.69) is 20.6 Å². The predicted octanol–water partition coefficient (Wildman–Crippen LogP) is 0.0629. The Morgan fingerprint density at radius 1 is 1.35 bits per heavy atom. The summed E-state index contributed by atoms with van der Waals surface area (Å²) in [6.45, 7) is 0. The number of carbonyl (C=O) groups excluding carboxylic acids is 1. The Balaban J connectivity index is 2.23. The Kier molecular flexibility index (Phi) is 2.91. The number of hydrogen-bond donors (Lipinski definition) is 2. The predicted molar refractivity (Wildman–Crippen MR) is 56.0 cm³/mol. The summed E-state index contributed by atoms with van der Waals surface area (Å²) in [5, 5.41) is 21.8. The SMILES string of the molecule is O=C(O)C(=O)Cc1cccc(-c2nn[nH]n2)c1. The van der Waals surface area contributed by atoms with Crippen molar-refractivity contribution >= 4 is 11.8 Å². The highest BCUT2D eigenvalue weighted by molar-refractivity contribution is 6.33. The maximum absolute atomic E-state index is 11.1. The van der Waals surface area contributed by atoms with Gasteiger partial charge in [0.1, 0.15) is 0 Å². The molecule has 0 amide bonds. The summed E-state index contributed by atoms with van der Waals surface area (Å²) in [6.07, 6.45) is -0.152. The highest BCUT2D eigenvalue weighted by atomic mass is 16.4. The molecule has 17 heavy (non-hydrogen) atoms. The van der Waals surface area contributed by atoms with Crippen LogP contribution in [0.3, 0.4) is 0 Å². The largest absolute Gasteiger partial charge is 0.475 e. The molecule has 1 aromatic carbocycles. The number of H-pyrrole nitrogens is 1. The van der Waals surface area contributed by atoms with Gasteiger partial charge in [-0.1, -0.05) is 18.2 Å². The van der Waals surface area contributed by atoms with Crippen molar-refractivity contribution in [2.45, 2.75) is 6.42 Å². The molecular weight excluding hydrogens is 224 g/mol. The van der Waals surface area contributed by atoms with Crippen molar-refractivity contribution in [1.82, 2.24) is 20.6 Å². The number of benzene rings is 1. The van der Waals surface area contributed by atoms with E-state index >= 15 is 0 Å². The van der Waals surface area contributed by atoms with Gasteiger partial charge in [-0.2, -0.15) is 5.21 Å². The normalized spacial score (nSPS) is 10.1. The van der Waals surface area contributed by atoms with Crippen molar-refractivity contribution in [3.8, 4) is 11.4 Å². The quantitative estimate of drug-likeness (QED) is 0.721. The molecule has 1 heterocycles. The zero-order valence-corrected chi connectivity index (χ0v) is 8.62. The summed E-state index contributed by atoms with van der Waals surface area (Å²) in [4.78, 5) is 21.5. The van der Waals surface area contributed by atoms with Crippen LogP contribution in [0.2, 0.25) is 0 Å². The number of nitrogens with zero attached hydrogens (tertiary/aromatic N) is 3. The van der Waals surface area contributed by atoms with Crippen LogP contribution in [0.25, 0.3) is 11.4 Å². The van der Waals surface area contributed by atoms with Crippen LogP contribution in [-0.4, -0.2) is 37.5 Å². The van der Waals surface area contributed by atoms with E-state index in [9.17, 15) is 9.59 Å². The second-order valence-electron chi connectivity index (χ2n) is 3.34. The van der Waals surface area contributed by atoms with E-state index in [0.29, 0.717) is 17.0 Å². The topological polar surface area (TPSA) is 109 Å². The second kappa shape index (κ2) is 4.52.